The van der Waals surface area contributed by atoms with Crippen LogP contribution in [-0.2, 0) is 23.8 Å². The quantitative estimate of drug-likeness (QED) is 0.0195. The Morgan fingerprint density at radius 3 is 1.12 bits per heavy atom. The van der Waals surface area contributed by atoms with E-state index in [1.54, 1.807) is 6.08 Å². The minimum absolute atomic E-state index is 0.00386. The summed E-state index contributed by atoms with van der Waals surface area (Å²) in [5.41, 5.74) is 0. The van der Waals surface area contributed by atoms with Gasteiger partial charge in [0.1, 0.15) is 24.4 Å². The van der Waals surface area contributed by atoms with Gasteiger partial charge in [-0.25, -0.2) is 0 Å². The average molecular weight is 1220 g/mol. The van der Waals surface area contributed by atoms with E-state index in [1.165, 1.54) is 283 Å². The zero-order valence-corrected chi connectivity index (χ0v) is 56.3. The van der Waals surface area contributed by atoms with Gasteiger partial charge in [0.25, 0.3) is 0 Å². The summed E-state index contributed by atoms with van der Waals surface area (Å²) in [6.45, 7) is 4.35. The van der Waals surface area contributed by atoms with Gasteiger partial charge in [0.05, 0.1) is 32.0 Å². The van der Waals surface area contributed by atoms with Gasteiger partial charge in [0.2, 0.25) is 5.91 Å². The largest absolute Gasteiger partial charge is 0.466 e. The van der Waals surface area contributed by atoms with Crippen LogP contribution in [0.25, 0.3) is 0 Å². The Kier molecular flexibility index (Phi) is 61.3. The number of amides is 1. The van der Waals surface area contributed by atoms with Gasteiger partial charge in [-0.2, -0.15) is 0 Å². The Balaban J connectivity index is 1.90. The second-order valence-corrected chi connectivity index (χ2v) is 26.0. The van der Waals surface area contributed by atoms with Crippen molar-refractivity contribution >= 4 is 11.9 Å². The first-order valence-electron chi connectivity index (χ1n) is 37.3. The Morgan fingerprint density at radius 2 is 0.744 bits per heavy atom. The molecule has 506 valence electrons. The zero-order valence-electron chi connectivity index (χ0n) is 56.3. The standard InChI is InChI=1S/C75H141NO10/c1-3-5-7-9-11-13-15-16-36-40-43-47-51-55-59-63-71(80)84-64-60-56-52-48-44-41-38-35-33-31-29-27-25-23-21-19-17-18-20-22-24-26-28-30-32-34-37-39-42-46-50-54-58-62-70(79)76-67(66-85-75-74(83)73(82)72(81)69(65-77)86-75)68(78)61-57-53-49-45-14-12-10-8-6-4-2/h16,21,23,36,57,61,67-69,72-75,77-78,81-83H,3-15,17-20,22,24-35,37-56,58-60,62-66H2,1-2H3,(H,76,79)/b23-21-,36-16-,61-57+. The molecule has 6 N–H and O–H groups in total. The van der Waals surface area contributed by atoms with Crippen molar-refractivity contribution in [3.05, 3.63) is 36.5 Å². The Morgan fingerprint density at radius 1 is 0.419 bits per heavy atom. The molecule has 7 unspecified atom stereocenters. The van der Waals surface area contributed by atoms with E-state index in [0.717, 1.165) is 57.8 Å². The first-order valence-corrected chi connectivity index (χ1v) is 37.3. The number of carbonyl (C=O) groups is 2. The number of nitrogens with one attached hydrogen (secondary N) is 1. The number of unbranched alkanes of at least 4 members (excludes halogenated alkanes) is 48. The van der Waals surface area contributed by atoms with Gasteiger partial charge in [-0.3, -0.25) is 9.59 Å². The third-order valence-electron chi connectivity index (χ3n) is 17.7. The summed E-state index contributed by atoms with van der Waals surface area (Å²) in [6.07, 6.45) is 73.1. The number of ether oxygens (including phenoxy) is 3. The summed E-state index contributed by atoms with van der Waals surface area (Å²) in [7, 11) is 0. The van der Waals surface area contributed by atoms with Gasteiger partial charge in [-0.1, -0.05) is 307 Å². The number of carbonyl (C=O) groups excluding carboxylic acids is 2. The SMILES string of the molecule is CCCCCCCC/C=C\CCCCCCCC(=O)OCCCCCCCCCCCCCC/C=C\CCCCCCCCCCCCCCCCCCCC(=O)NC(COC1OC(CO)C(O)C(O)C1O)C(O)/C=C/CCCCCCCCCC. The summed E-state index contributed by atoms with van der Waals surface area (Å²) in [5.74, 6) is -0.175. The van der Waals surface area contributed by atoms with E-state index >= 15 is 0 Å². The minimum atomic E-state index is -1.57. The van der Waals surface area contributed by atoms with Gasteiger partial charge in [0, 0.05) is 12.8 Å². The van der Waals surface area contributed by atoms with Gasteiger partial charge >= 0.3 is 5.97 Å². The molecule has 86 heavy (non-hydrogen) atoms. The van der Waals surface area contributed by atoms with E-state index in [1.807, 2.05) is 6.08 Å². The van der Waals surface area contributed by atoms with E-state index < -0.39 is 49.5 Å². The summed E-state index contributed by atoms with van der Waals surface area (Å²) < 4.78 is 16.7. The van der Waals surface area contributed by atoms with Crippen LogP contribution in [-0.4, -0.2) is 100 Å². The van der Waals surface area contributed by atoms with Crippen molar-refractivity contribution < 1.29 is 49.3 Å². The molecule has 0 aromatic carbocycles. The number of aliphatic hydroxyl groups is 5. The summed E-state index contributed by atoms with van der Waals surface area (Å²) in [5, 5.41) is 54.4. The highest BCUT2D eigenvalue weighted by molar-refractivity contribution is 5.76. The maximum absolute atomic E-state index is 13.0. The van der Waals surface area contributed by atoms with E-state index in [0.29, 0.717) is 19.4 Å². The Bertz CT molecular complexity index is 1520. The fraction of sp³-hybridized carbons (Fsp3) is 0.893. The molecular weight excluding hydrogens is 1070 g/mol. The normalized spacial score (nSPS) is 18.1. The summed E-state index contributed by atoms with van der Waals surface area (Å²) >= 11 is 0. The lowest BCUT2D eigenvalue weighted by Gasteiger charge is -2.40. The van der Waals surface area contributed by atoms with E-state index in [-0.39, 0.29) is 18.5 Å². The molecule has 0 saturated carbocycles. The van der Waals surface area contributed by atoms with Crippen molar-refractivity contribution in [3.63, 3.8) is 0 Å². The number of allylic oxidation sites excluding steroid dienone is 5. The van der Waals surface area contributed by atoms with Crippen molar-refractivity contribution in [3.8, 4) is 0 Å². The van der Waals surface area contributed by atoms with E-state index in [9.17, 15) is 35.1 Å². The molecule has 1 amide bonds. The second kappa shape index (κ2) is 64.4. The fourth-order valence-electron chi connectivity index (χ4n) is 11.8. The third kappa shape index (κ3) is 52.6. The molecule has 1 rings (SSSR count). The molecule has 0 aromatic rings. The fourth-order valence-corrected chi connectivity index (χ4v) is 11.8. The van der Waals surface area contributed by atoms with Crippen LogP contribution in [0.1, 0.15) is 367 Å². The lowest BCUT2D eigenvalue weighted by Crippen LogP contribution is -2.60. The van der Waals surface area contributed by atoms with Gasteiger partial charge in [-0.15, -0.1) is 0 Å². The Labute approximate surface area is 530 Å². The highest BCUT2D eigenvalue weighted by atomic mass is 16.7. The molecule has 0 aliphatic carbocycles. The van der Waals surface area contributed by atoms with Crippen LogP contribution in [0.2, 0.25) is 0 Å². The molecular formula is C75H141NO10. The number of hydrogen-bond donors (Lipinski definition) is 6. The summed E-state index contributed by atoms with van der Waals surface area (Å²) in [4.78, 5) is 25.1. The monoisotopic (exact) mass is 1220 g/mol. The topological polar surface area (TPSA) is 175 Å². The molecule has 1 aliphatic heterocycles. The van der Waals surface area contributed by atoms with Crippen LogP contribution in [0.5, 0.6) is 0 Å². The number of esters is 1. The van der Waals surface area contributed by atoms with Crippen molar-refractivity contribution in [2.75, 3.05) is 19.8 Å². The lowest BCUT2D eigenvalue weighted by atomic mass is 9.99. The van der Waals surface area contributed by atoms with Gasteiger partial charge < -0.3 is 45.1 Å². The van der Waals surface area contributed by atoms with Gasteiger partial charge in [0.15, 0.2) is 6.29 Å². The van der Waals surface area contributed by atoms with Crippen LogP contribution in [0, 0.1) is 0 Å². The molecule has 1 saturated heterocycles. The smallest absolute Gasteiger partial charge is 0.305 e. The highest BCUT2D eigenvalue weighted by Gasteiger charge is 2.44. The number of aliphatic hydroxyl groups excluding tert-OH is 5. The first kappa shape index (κ1) is 81.9. The van der Waals surface area contributed by atoms with Crippen LogP contribution in [0.3, 0.4) is 0 Å². The predicted octanol–water partition coefficient (Wildman–Crippen LogP) is 19.4. The van der Waals surface area contributed by atoms with Crippen LogP contribution >= 0.6 is 0 Å². The predicted molar refractivity (Wildman–Crippen MR) is 361 cm³/mol. The molecule has 1 heterocycles. The minimum Gasteiger partial charge on any atom is -0.466 e. The Hall–Kier alpha value is -2.12. The molecule has 1 aliphatic rings. The molecule has 1 fully saturated rings. The van der Waals surface area contributed by atoms with Gasteiger partial charge in [-0.05, 0) is 83.5 Å². The van der Waals surface area contributed by atoms with Crippen LogP contribution in [0.15, 0.2) is 36.5 Å². The van der Waals surface area contributed by atoms with Crippen molar-refractivity contribution in [2.45, 2.75) is 410 Å². The lowest BCUT2D eigenvalue weighted by molar-refractivity contribution is -0.302. The molecule has 0 radical (unpaired) electrons. The van der Waals surface area contributed by atoms with Crippen molar-refractivity contribution in [2.24, 2.45) is 0 Å². The maximum atomic E-state index is 13.0. The third-order valence-corrected chi connectivity index (χ3v) is 17.7. The average Bonchev–Trinajstić information content (AvgIpc) is 2.52. The van der Waals surface area contributed by atoms with Crippen LogP contribution < -0.4 is 5.32 Å². The number of hydrogen-bond acceptors (Lipinski definition) is 10. The molecule has 11 heteroatoms. The maximum Gasteiger partial charge on any atom is 0.305 e. The molecule has 7 atom stereocenters. The molecule has 0 bridgehead atoms. The van der Waals surface area contributed by atoms with Crippen molar-refractivity contribution in [1.29, 1.82) is 0 Å². The molecule has 11 nitrogen and oxygen atoms in total. The molecule has 0 aromatic heterocycles. The number of rotatable bonds is 66. The van der Waals surface area contributed by atoms with E-state index in [2.05, 4.69) is 43.5 Å². The van der Waals surface area contributed by atoms with Crippen LogP contribution in [0.4, 0.5) is 0 Å². The highest BCUT2D eigenvalue weighted by Crippen LogP contribution is 2.23. The van der Waals surface area contributed by atoms with Crippen molar-refractivity contribution in [1.82, 2.24) is 5.32 Å². The summed E-state index contributed by atoms with van der Waals surface area (Å²) in [6, 6.07) is -0.807. The van der Waals surface area contributed by atoms with E-state index in [4.69, 9.17) is 14.2 Å². The first-order chi connectivity index (χ1) is 42.2. The molecule has 0 spiro atoms. The zero-order chi connectivity index (χ0) is 62.3. The second-order valence-electron chi connectivity index (χ2n) is 26.0.